The van der Waals surface area contributed by atoms with Gasteiger partial charge >= 0.3 is 0 Å². The highest BCUT2D eigenvalue weighted by Crippen LogP contribution is 2.39. The molecule has 112 valence electrons. The molecule has 0 atom stereocenters. The van der Waals surface area contributed by atoms with E-state index in [4.69, 9.17) is 4.98 Å². The summed E-state index contributed by atoms with van der Waals surface area (Å²) < 4.78 is 0. The highest BCUT2D eigenvalue weighted by atomic mass is 15.1. The zero-order valence-electron chi connectivity index (χ0n) is 13.1. The van der Waals surface area contributed by atoms with Crippen molar-refractivity contribution in [2.24, 2.45) is 0 Å². The zero-order chi connectivity index (χ0) is 14.4. The fourth-order valence-corrected chi connectivity index (χ4v) is 2.33. The van der Waals surface area contributed by atoms with Gasteiger partial charge in [0.25, 0.3) is 0 Å². The van der Waals surface area contributed by atoms with E-state index in [1.165, 1.54) is 38.5 Å². The average molecular weight is 276 g/mol. The van der Waals surface area contributed by atoms with Crippen LogP contribution in [0.3, 0.4) is 0 Å². The summed E-state index contributed by atoms with van der Waals surface area (Å²) in [5.74, 6) is 3.63. The molecular formula is C16H28N4. The lowest BCUT2D eigenvalue weighted by atomic mass is 10.2. The van der Waals surface area contributed by atoms with Crippen LogP contribution in [0.25, 0.3) is 0 Å². The van der Waals surface area contributed by atoms with Gasteiger partial charge in [0.05, 0.1) is 0 Å². The van der Waals surface area contributed by atoms with Gasteiger partial charge < -0.3 is 10.6 Å². The molecule has 1 aliphatic rings. The molecule has 1 aromatic heterocycles. The summed E-state index contributed by atoms with van der Waals surface area (Å²) >= 11 is 0. The van der Waals surface area contributed by atoms with Gasteiger partial charge in [-0.15, -0.1) is 0 Å². The van der Waals surface area contributed by atoms with Crippen molar-refractivity contribution in [1.82, 2.24) is 9.97 Å². The van der Waals surface area contributed by atoms with Crippen molar-refractivity contribution in [2.45, 2.75) is 65.2 Å². The zero-order valence-corrected chi connectivity index (χ0v) is 13.1. The molecule has 0 aromatic carbocycles. The SMILES string of the molecule is CCCCCCNc1nc(C2CC2)nc(NCC)c1C. The highest BCUT2D eigenvalue weighted by Gasteiger charge is 2.28. The van der Waals surface area contributed by atoms with Crippen molar-refractivity contribution in [1.29, 1.82) is 0 Å². The summed E-state index contributed by atoms with van der Waals surface area (Å²) in [6.07, 6.45) is 7.59. The van der Waals surface area contributed by atoms with Gasteiger partial charge in [-0.1, -0.05) is 26.2 Å². The Bertz CT molecular complexity index is 427. The average Bonchev–Trinajstić information content (AvgIpc) is 3.27. The van der Waals surface area contributed by atoms with E-state index in [9.17, 15) is 0 Å². The van der Waals surface area contributed by atoms with Gasteiger partial charge in [-0.2, -0.15) is 0 Å². The smallest absolute Gasteiger partial charge is 0.136 e. The molecule has 1 aliphatic carbocycles. The molecular weight excluding hydrogens is 248 g/mol. The number of aromatic nitrogens is 2. The third-order valence-electron chi connectivity index (χ3n) is 3.77. The first kappa shape index (κ1) is 15.1. The van der Waals surface area contributed by atoms with Crippen molar-refractivity contribution < 1.29 is 0 Å². The van der Waals surface area contributed by atoms with Crippen LogP contribution < -0.4 is 10.6 Å². The molecule has 0 aliphatic heterocycles. The number of rotatable bonds is 9. The lowest BCUT2D eigenvalue weighted by Crippen LogP contribution is -2.11. The first-order chi connectivity index (χ1) is 9.76. The number of nitrogens with zero attached hydrogens (tertiary/aromatic N) is 2. The van der Waals surface area contributed by atoms with Crippen LogP contribution in [0.1, 0.15) is 69.7 Å². The minimum absolute atomic E-state index is 0.591. The Morgan fingerprint density at radius 3 is 2.30 bits per heavy atom. The fraction of sp³-hybridized carbons (Fsp3) is 0.750. The van der Waals surface area contributed by atoms with Crippen molar-refractivity contribution in [3.8, 4) is 0 Å². The Labute approximate surface area is 122 Å². The van der Waals surface area contributed by atoms with Crippen molar-refractivity contribution in [3.63, 3.8) is 0 Å². The van der Waals surface area contributed by atoms with Crippen LogP contribution >= 0.6 is 0 Å². The Balaban J connectivity index is 2.01. The van der Waals surface area contributed by atoms with E-state index in [-0.39, 0.29) is 0 Å². The molecule has 0 saturated heterocycles. The summed E-state index contributed by atoms with van der Waals surface area (Å²) in [7, 11) is 0. The number of anilines is 2. The molecule has 1 saturated carbocycles. The van der Waals surface area contributed by atoms with Crippen molar-refractivity contribution in [3.05, 3.63) is 11.4 Å². The predicted octanol–water partition coefficient (Wildman–Crippen LogP) is 4.09. The predicted molar refractivity (Wildman–Crippen MR) is 85.5 cm³/mol. The van der Waals surface area contributed by atoms with Gasteiger partial charge in [0.2, 0.25) is 0 Å². The Hall–Kier alpha value is -1.32. The van der Waals surface area contributed by atoms with Crippen LogP contribution in [-0.2, 0) is 0 Å². The summed E-state index contributed by atoms with van der Waals surface area (Å²) in [4.78, 5) is 9.41. The molecule has 0 amide bonds. The number of unbranched alkanes of at least 4 members (excludes halogenated alkanes) is 3. The number of hydrogen-bond donors (Lipinski definition) is 2. The molecule has 1 fully saturated rings. The third kappa shape index (κ3) is 4.09. The standard InChI is InChI=1S/C16H28N4/c1-4-6-7-8-11-18-15-12(3)14(17-5-2)19-16(20-15)13-9-10-13/h13H,4-11H2,1-3H3,(H2,17,18,19,20). The normalized spacial score (nSPS) is 14.3. The fourth-order valence-electron chi connectivity index (χ4n) is 2.33. The largest absolute Gasteiger partial charge is 0.370 e. The molecule has 2 rings (SSSR count). The molecule has 2 N–H and O–H groups in total. The first-order valence-corrected chi connectivity index (χ1v) is 8.12. The maximum atomic E-state index is 4.73. The van der Waals surface area contributed by atoms with Crippen molar-refractivity contribution in [2.75, 3.05) is 23.7 Å². The molecule has 0 bridgehead atoms. The minimum atomic E-state index is 0.591. The van der Waals surface area contributed by atoms with Crippen LogP contribution in [0.5, 0.6) is 0 Å². The lowest BCUT2D eigenvalue weighted by molar-refractivity contribution is 0.683. The summed E-state index contributed by atoms with van der Waals surface area (Å²) in [5, 5.41) is 6.86. The van der Waals surface area contributed by atoms with E-state index in [1.54, 1.807) is 0 Å². The van der Waals surface area contributed by atoms with E-state index in [0.29, 0.717) is 5.92 Å². The van der Waals surface area contributed by atoms with Gasteiger partial charge in [-0.25, -0.2) is 9.97 Å². The van der Waals surface area contributed by atoms with Gasteiger partial charge in [0.15, 0.2) is 0 Å². The Morgan fingerprint density at radius 1 is 1.00 bits per heavy atom. The molecule has 1 aromatic rings. The van der Waals surface area contributed by atoms with Crippen LogP contribution in [0.4, 0.5) is 11.6 Å². The molecule has 20 heavy (non-hydrogen) atoms. The Morgan fingerprint density at radius 2 is 1.70 bits per heavy atom. The van der Waals surface area contributed by atoms with E-state index in [0.717, 1.165) is 36.1 Å². The van der Waals surface area contributed by atoms with E-state index in [1.807, 2.05) is 0 Å². The monoisotopic (exact) mass is 276 g/mol. The van der Waals surface area contributed by atoms with Crippen LogP contribution in [0, 0.1) is 6.92 Å². The van der Waals surface area contributed by atoms with Crippen LogP contribution in [0.15, 0.2) is 0 Å². The second-order valence-corrected chi connectivity index (χ2v) is 5.70. The van der Waals surface area contributed by atoms with Crippen LogP contribution in [-0.4, -0.2) is 23.1 Å². The van der Waals surface area contributed by atoms with E-state index < -0.39 is 0 Å². The molecule has 0 radical (unpaired) electrons. The van der Waals surface area contributed by atoms with Gasteiger partial charge in [-0.3, -0.25) is 0 Å². The topological polar surface area (TPSA) is 49.8 Å². The van der Waals surface area contributed by atoms with Gasteiger partial charge in [0.1, 0.15) is 17.5 Å². The molecule has 0 spiro atoms. The maximum absolute atomic E-state index is 4.73. The summed E-state index contributed by atoms with van der Waals surface area (Å²) in [6, 6.07) is 0. The number of nitrogens with one attached hydrogen (secondary N) is 2. The lowest BCUT2D eigenvalue weighted by Gasteiger charge is -2.14. The first-order valence-electron chi connectivity index (χ1n) is 8.12. The summed E-state index contributed by atoms with van der Waals surface area (Å²) in [6.45, 7) is 8.36. The van der Waals surface area contributed by atoms with Gasteiger partial charge in [0, 0.05) is 24.6 Å². The maximum Gasteiger partial charge on any atom is 0.136 e. The molecule has 1 heterocycles. The summed E-state index contributed by atoms with van der Waals surface area (Å²) in [5.41, 5.74) is 1.15. The van der Waals surface area contributed by atoms with E-state index >= 15 is 0 Å². The molecule has 0 unspecified atom stereocenters. The van der Waals surface area contributed by atoms with E-state index in [2.05, 4.69) is 36.4 Å². The Kier molecular flexibility index (Phi) is 5.62. The van der Waals surface area contributed by atoms with Crippen LogP contribution in [0.2, 0.25) is 0 Å². The minimum Gasteiger partial charge on any atom is -0.370 e. The third-order valence-corrected chi connectivity index (χ3v) is 3.77. The van der Waals surface area contributed by atoms with Gasteiger partial charge in [-0.05, 0) is 33.1 Å². The quantitative estimate of drug-likeness (QED) is 0.667. The number of hydrogen-bond acceptors (Lipinski definition) is 4. The highest BCUT2D eigenvalue weighted by molar-refractivity contribution is 5.57. The second-order valence-electron chi connectivity index (χ2n) is 5.70. The molecule has 4 heteroatoms. The second kappa shape index (κ2) is 7.46. The molecule has 4 nitrogen and oxygen atoms in total. The van der Waals surface area contributed by atoms with Crippen molar-refractivity contribution >= 4 is 11.6 Å².